The summed E-state index contributed by atoms with van der Waals surface area (Å²) in [4.78, 5) is 32.9. The number of anilines is 2. The van der Waals surface area contributed by atoms with E-state index in [2.05, 4.69) is 20.6 Å². The van der Waals surface area contributed by atoms with E-state index in [1.54, 1.807) is 36.4 Å². The topological polar surface area (TPSA) is 110 Å². The number of carbonyl (C=O) groups excluding carboxylic acids is 2. The van der Waals surface area contributed by atoms with Crippen LogP contribution in [0.3, 0.4) is 0 Å². The van der Waals surface area contributed by atoms with Crippen LogP contribution in [0, 0.1) is 0 Å². The van der Waals surface area contributed by atoms with Gasteiger partial charge in [0.25, 0.3) is 11.8 Å². The van der Waals surface area contributed by atoms with E-state index in [4.69, 9.17) is 17.3 Å². The zero-order valence-corrected chi connectivity index (χ0v) is 19.5. The van der Waals surface area contributed by atoms with E-state index >= 15 is 0 Å². The number of carbonyl (C=O) groups is 2. The molecule has 0 bridgehead atoms. The Balaban J connectivity index is 1.56. The van der Waals surface area contributed by atoms with Crippen molar-refractivity contribution in [2.24, 2.45) is 5.73 Å². The Bertz CT molecular complexity index is 1480. The smallest absolute Gasteiger partial charge is 0.366 e. The maximum Gasteiger partial charge on any atom is 0.416 e. The number of hydrogen-bond donors (Lipinski definition) is 3. The lowest BCUT2D eigenvalue weighted by molar-refractivity contribution is -0.137. The molecule has 3 aromatic carbocycles. The molecule has 0 spiro atoms. The van der Waals surface area contributed by atoms with Crippen molar-refractivity contribution in [1.29, 1.82) is 0 Å². The van der Waals surface area contributed by atoms with Gasteiger partial charge in [0.1, 0.15) is 12.1 Å². The van der Waals surface area contributed by atoms with E-state index in [0.29, 0.717) is 28.5 Å². The third-order valence-corrected chi connectivity index (χ3v) is 5.80. The molecular formula is C25H19ClF3N5O2. The summed E-state index contributed by atoms with van der Waals surface area (Å²) in [6.45, 7) is 1.86. The van der Waals surface area contributed by atoms with Crippen LogP contribution in [0.15, 0.2) is 67.0 Å². The maximum absolute atomic E-state index is 13.1. The first-order valence-electron chi connectivity index (χ1n) is 10.6. The van der Waals surface area contributed by atoms with Crippen molar-refractivity contribution in [3.63, 3.8) is 0 Å². The zero-order valence-electron chi connectivity index (χ0n) is 18.7. The number of nitrogens with one attached hydrogen (secondary N) is 2. The molecule has 11 heteroatoms. The number of amides is 2. The van der Waals surface area contributed by atoms with Gasteiger partial charge in [-0.15, -0.1) is 0 Å². The highest BCUT2D eigenvalue weighted by Gasteiger charge is 2.31. The fourth-order valence-electron chi connectivity index (χ4n) is 3.65. The minimum Gasteiger partial charge on any atom is -0.366 e. The second-order valence-electron chi connectivity index (χ2n) is 7.93. The monoisotopic (exact) mass is 513 g/mol. The molecule has 36 heavy (non-hydrogen) atoms. The number of alkyl halides is 3. The predicted octanol–water partition coefficient (Wildman–Crippen LogP) is 5.83. The average Bonchev–Trinajstić information content (AvgIpc) is 2.83. The number of fused-ring (bicyclic) bond motifs is 1. The van der Waals surface area contributed by atoms with Gasteiger partial charge >= 0.3 is 6.18 Å². The number of halogens is 4. The van der Waals surface area contributed by atoms with Gasteiger partial charge in [0.15, 0.2) is 0 Å². The molecule has 0 fully saturated rings. The standard InChI is InChI=1S/C25H19ClF3N5O2/c1-13(33-23-18-7-3-6-17(22(30)35)21(18)31-12-32-23)14-4-2-5-16(10-14)34-24(36)19-11-15(25(27,28)29)8-9-20(19)26/h2-13H,1H3,(H2,30,35)(H,34,36)(H,31,32,33)/t13-/m1/s1. The van der Waals surface area contributed by atoms with Crippen LogP contribution in [0.25, 0.3) is 10.9 Å². The van der Waals surface area contributed by atoms with E-state index in [0.717, 1.165) is 17.7 Å². The van der Waals surface area contributed by atoms with Crippen LogP contribution >= 0.6 is 11.6 Å². The molecule has 0 unspecified atom stereocenters. The van der Waals surface area contributed by atoms with E-state index in [1.165, 1.54) is 6.33 Å². The first kappa shape index (κ1) is 24.9. The normalized spacial score (nSPS) is 12.2. The van der Waals surface area contributed by atoms with Gasteiger partial charge < -0.3 is 16.4 Å². The van der Waals surface area contributed by atoms with Crippen LogP contribution in [-0.2, 0) is 6.18 Å². The predicted molar refractivity (Wildman–Crippen MR) is 131 cm³/mol. The number of aromatic nitrogens is 2. The summed E-state index contributed by atoms with van der Waals surface area (Å²) in [5, 5.41) is 6.34. The lowest BCUT2D eigenvalue weighted by Gasteiger charge is -2.18. The van der Waals surface area contributed by atoms with Gasteiger partial charge in [0, 0.05) is 11.1 Å². The molecule has 7 nitrogen and oxygen atoms in total. The van der Waals surface area contributed by atoms with E-state index in [1.807, 2.05) is 13.0 Å². The van der Waals surface area contributed by atoms with Crippen molar-refractivity contribution in [3.8, 4) is 0 Å². The van der Waals surface area contributed by atoms with Gasteiger partial charge in [-0.05, 0) is 55.0 Å². The molecule has 4 N–H and O–H groups in total. The lowest BCUT2D eigenvalue weighted by Crippen LogP contribution is -2.15. The van der Waals surface area contributed by atoms with Gasteiger partial charge in [0.05, 0.1) is 33.3 Å². The van der Waals surface area contributed by atoms with E-state index in [-0.39, 0.29) is 22.2 Å². The molecule has 1 atom stereocenters. The molecule has 0 aliphatic carbocycles. The highest BCUT2D eigenvalue weighted by atomic mass is 35.5. The van der Waals surface area contributed by atoms with Crippen molar-refractivity contribution in [3.05, 3.63) is 94.3 Å². The van der Waals surface area contributed by atoms with E-state index < -0.39 is 23.6 Å². The maximum atomic E-state index is 13.1. The minimum absolute atomic E-state index is 0.0994. The van der Waals surface area contributed by atoms with Crippen LogP contribution in [0.4, 0.5) is 24.7 Å². The Morgan fingerprint density at radius 1 is 1.00 bits per heavy atom. The van der Waals surface area contributed by atoms with Crippen LogP contribution in [-0.4, -0.2) is 21.8 Å². The number of nitrogens with zero attached hydrogens (tertiary/aromatic N) is 2. The Kier molecular flexibility index (Phi) is 6.80. The molecule has 0 radical (unpaired) electrons. The number of primary amides is 1. The largest absolute Gasteiger partial charge is 0.416 e. The third kappa shape index (κ3) is 5.23. The van der Waals surface area contributed by atoms with Gasteiger partial charge in [-0.25, -0.2) is 9.97 Å². The van der Waals surface area contributed by atoms with Crippen molar-refractivity contribution >= 4 is 45.8 Å². The Labute approximate surface area is 208 Å². The number of hydrogen-bond acceptors (Lipinski definition) is 5. The Morgan fingerprint density at radius 3 is 2.47 bits per heavy atom. The molecule has 184 valence electrons. The lowest BCUT2D eigenvalue weighted by atomic mass is 10.1. The van der Waals surface area contributed by atoms with Crippen molar-refractivity contribution < 1.29 is 22.8 Å². The fraction of sp³-hybridized carbons (Fsp3) is 0.120. The highest BCUT2D eigenvalue weighted by molar-refractivity contribution is 6.34. The zero-order chi connectivity index (χ0) is 26.0. The van der Waals surface area contributed by atoms with Crippen LogP contribution < -0.4 is 16.4 Å². The van der Waals surface area contributed by atoms with Crippen LogP contribution in [0.2, 0.25) is 5.02 Å². The molecule has 0 aliphatic heterocycles. The first-order chi connectivity index (χ1) is 17.0. The SMILES string of the molecule is C[C@@H](Nc1ncnc2c(C(N)=O)cccc12)c1cccc(NC(=O)c2cc(C(F)(F)F)ccc2Cl)c1. The molecule has 0 aliphatic rings. The van der Waals surface area contributed by atoms with Crippen LogP contribution in [0.1, 0.15) is 44.8 Å². The summed E-state index contributed by atoms with van der Waals surface area (Å²) in [6.07, 6.45) is -3.29. The molecule has 1 heterocycles. The quantitative estimate of drug-likeness (QED) is 0.300. The molecule has 0 saturated heterocycles. The Morgan fingerprint density at radius 2 is 1.75 bits per heavy atom. The molecule has 0 saturated carbocycles. The Hall–Kier alpha value is -4.18. The molecule has 4 aromatic rings. The van der Waals surface area contributed by atoms with Crippen molar-refractivity contribution in [1.82, 2.24) is 9.97 Å². The summed E-state index contributed by atoms with van der Waals surface area (Å²) in [5.41, 5.74) is 5.97. The number of para-hydroxylation sites is 1. The second kappa shape index (κ2) is 9.82. The van der Waals surface area contributed by atoms with Crippen LogP contribution in [0.5, 0.6) is 0 Å². The number of rotatable bonds is 6. The second-order valence-corrected chi connectivity index (χ2v) is 8.33. The fourth-order valence-corrected chi connectivity index (χ4v) is 3.85. The van der Waals surface area contributed by atoms with Gasteiger partial charge in [0.2, 0.25) is 0 Å². The van der Waals surface area contributed by atoms with Gasteiger partial charge in [-0.3, -0.25) is 9.59 Å². The van der Waals surface area contributed by atoms with Gasteiger partial charge in [-0.2, -0.15) is 13.2 Å². The summed E-state index contributed by atoms with van der Waals surface area (Å²) < 4.78 is 39.2. The average molecular weight is 514 g/mol. The number of nitrogens with two attached hydrogens (primary N) is 1. The molecule has 2 amide bonds. The minimum atomic E-state index is -4.61. The number of benzene rings is 3. The molecule has 1 aromatic heterocycles. The summed E-state index contributed by atoms with van der Waals surface area (Å²) in [5.74, 6) is -0.909. The van der Waals surface area contributed by atoms with Crippen molar-refractivity contribution in [2.45, 2.75) is 19.1 Å². The third-order valence-electron chi connectivity index (χ3n) is 5.47. The molecular weight excluding hydrogens is 495 g/mol. The molecule has 4 rings (SSSR count). The van der Waals surface area contributed by atoms with Gasteiger partial charge in [-0.1, -0.05) is 29.8 Å². The highest BCUT2D eigenvalue weighted by Crippen LogP contribution is 2.32. The summed E-state index contributed by atoms with van der Waals surface area (Å²) >= 11 is 5.98. The van der Waals surface area contributed by atoms with Crippen molar-refractivity contribution in [2.75, 3.05) is 10.6 Å². The summed E-state index contributed by atoms with van der Waals surface area (Å²) in [7, 11) is 0. The summed E-state index contributed by atoms with van der Waals surface area (Å²) in [6, 6.07) is 14.1. The first-order valence-corrected chi connectivity index (χ1v) is 11.0. The van der Waals surface area contributed by atoms with E-state index in [9.17, 15) is 22.8 Å².